The quantitative estimate of drug-likeness (QED) is 0.537. The third-order valence-corrected chi connectivity index (χ3v) is 7.00. The lowest BCUT2D eigenvalue weighted by atomic mass is 9.90. The molecule has 4 aromatic rings. The van der Waals surface area contributed by atoms with Gasteiger partial charge in [-0.3, -0.25) is 0 Å². The van der Waals surface area contributed by atoms with Gasteiger partial charge in [0.25, 0.3) is 0 Å². The zero-order chi connectivity index (χ0) is 19.9. The number of hydrogen-bond donors (Lipinski definition) is 1. The highest BCUT2D eigenvalue weighted by Gasteiger charge is 2.26. The lowest BCUT2D eigenvalue weighted by Crippen LogP contribution is -2.37. The van der Waals surface area contributed by atoms with Crippen LogP contribution in [0, 0.1) is 0 Å². The van der Waals surface area contributed by atoms with E-state index in [2.05, 4.69) is 25.2 Å². The Morgan fingerprint density at radius 1 is 1.00 bits per heavy atom. The largest absolute Gasteiger partial charge is 0.378 e. The van der Waals surface area contributed by atoms with Gasteiger partial charge in [0.15, 0.2) is 5.82 Å². The van der Waals surface area contributed by atoms with Crippen LogP contribution in [0.1, 0.15) is 24.0 Å². The molecule has 1 saturated heterocycles. The Kier molecular flexibility index (Phi) is 4.46. The molecule has 0 spiro atoms. The van der Waals surface area contributed by atoms with Crippen molar-refractivity contribution in [1.82, 2.24) is 19.9 Å². The molecular formula is C22H22N6OS. The first-order chi connectivity index (χ1) is 14.9. The summed E-state index contributed by atoms with van der Waals surface area (Å²) in [5.41, 5.74) is 3.84. The Morgan fingerprint density at radius 2 is 1.87 bits per heavy atom. The molecule has 0 atom stereocenters. The monoisotopic (exact) mass is 418 g/mol. The van der Waals surface area contributed by atoms with Crippen LogP contribution in [0.4, 0.5) is 17.5 Å². The van der Waals surface area contributed by atoms with E-state index < -0.39 is 0 Å². The number of nitrogens with one attached hydrogen (secondary N) is 1. The molecule has 1 aliphatic heterocycles. The minimum absolute atomic E-state index is 0.768. The molecule has 1 aliphatic carbocycles. The van der Waals surface area contributed by atoms with Crippen LogP contribution in [0.25, 0.3) is 20.4 Å². The first-order valence-electron chi connectivity index (χ1n) is 10.5. The Bertz CT molecular complexity index is 1220. The number of aromatic nitrogens is 4. The van der Waals surface area contributed by atoms with E-state index in [4.69, 9.17) is 9.72 Å². The second kappa shape index (κ2) is 7.45. The molecule has 1 N–H and O–H groups in total. The Hall–Kier alpha value is -2.84. The van der Waals surface area contributed by atoms with Crippen molar-refractivity contribution < 1.29 is 4.74 Å². The van der Waals surface area contributed by atoms with Crippen molar-refractivity contribution in [3.05, 3.63) is 41.9 Å². The van der Waals surface area contributed by atoms with E-state index in [0.717, 1.165) is 71.6 Å². The number of fused-ring (bicyclic) bond motifs is 5. The van der Waals surface area contributed by atoms with Gasteiger partial charge >= 0.3 is 0 Å². The molecule has 0 radical (unpaired) electrons. The number of nitrogens with zero attached hydrogens (tertiary/aromatic N) is 5. The molecule has 0 amide bonds. The molecule has 4 aromatic heterocycles. The molecule has 0 aromatic carbocycles. The molecule has 30 heavy (non-hydrogen) atoms. The van der Waals surface area contributed by atoms with Crippen LogP contribution in [0.3, 0.4) is 0 Å². The van der Waals surface area contributed by atoms with Crippen molar-refractivity contribution in [3.8, 4) is 0 Å². The Labute approximate surface area is 178 Å². The average Bonchev–Trinajstić information content (AvgIpc) is 3.20. The van der Waals surface area contributed by atoms with Crippen molar-refractivity contribution in [2.24, 2.45) is 0 Å². The Morgan fingerprint density at radius 3 is 2.70 bits per heavy atom. The summed E-state index contributed by atoms with van der Waals surface area (Å²) >= 11 is 1.67. The molecule has 1 fully saturated rings. The van der Waals surface area contributed by atoms with E-state index in [1.807, 2.05) is 18.2 Å². The van der Waals surface area contributed by atoms with Gasteiger partial charge in [-0.15, -0.1) is 11.3 Å². The molecule has 0 bridgehead atoms. The summed E-state index contributed by atoms with van der Waals surface area (Å²) in [7, 11) is 0. The fraction of sp³-hybridized carbons (Fsp3) is 0.364. The molecule has 0 unspecified atom stereocenters. The van der Waals surface area contributed by atoms with Crippen LogP contribution in [0.2, 0.25) is 0 Å². The second-order valence-corrected chi connectivity index (χ2v) is 8.72. The molecule has 5 heterocycles. The molecule has 0 saturated carbocycles. The normalized spacial score (nSPS) is 16.7. The van der Waals surface area contributed by atoms with E-state index in [1.54, 1.807) is 23.9 Å². The van der Waals surface area contributed by atoms with Crippen LogP contribution in [-0.2, 0) is 17.6 Å². The standard InChI is InChI=1S/C22H22N6OS/c1-2-6-15-14(5-1)17-18-19(20(25-13-24-18)26-16-7-3-4-8-23-16)30-22(17)27-21(15)28-9-11-29-12-10-28/h3-4,7-8,13H,1-2,5-6,9-12H2,(H,23,24,25,26). The highest BCUT2D eigenvalue weighted by atomic mass is 32.1. The summed E-state index contributed by atoms with van der Waals surface area (Å²) in [6.07, 6.45) is 8.04. The fourth-order valence-electron chi connectivity index (χ4n) is 4.52. The lowest BCUT2D eigenvalue weighted by Gasteiger charge is -2.31. The van der Waals surface area contributed by atoms with E-state index >= 15 is 0 Å². The maximum Gasteiger partial charge on any atom is 0.153 e. The molecule has 7 nitrogen and oxygen atoms in total. The van der Waals surface area contributed by atoms with Gasteiger partial charge in [-0.2, -0.15) is 0 Å². The predicted molar refractivity (Wildman–Crippen MR) is 120 cm³/mol. The zero-order valence-corrected chi connectivity index (χ0v) is 17.4. The number of thiophene rings is 1. The van der Waals surface area contributed by atoms with Gasteiger partial charge in [-0.05, 0) is 48.9 Å². The van der Waals surface area contributed by atoms with E-state index in [9.17, 15) is 0 Å². The third kappa shape index (κ3) is 2.98. The number of anilines is 3. The van der Waals surface area contributed by atoms with Crippen LogP contribution < -0.4 is 10.2 Å². The van der Waals surface area contributed by atoms with Crippen molar-refractivity contribution in [3.63, 3.8) is 0 Å². The summed E-state index contributed by atoms with van der Waals surface area (Å²) in [5, 5.41) is 4.58. The molecule has 6 rings (SSSR count). The maximum atomic E-state index is 5.57. The third-order valence-electron chi connectivity index (χ3n) is 5.92. The van der Waals surface area contributed by atoms with Crippen molar-refractivity contribution in [2.45, 2.75) is 25.7 Å². The SMILES string of the molecule is c1ccc(Nc2ncnc3c2sc2nc(N4CCOCC4)c4c(c23)CCCC4)nc1. The van der Waals surface area contributed by atoms with Gasteiger partial charge in [0, 0.05) is 24.7 Å². The van der Waals surface area contributed by atoms with Gasteiger partial charge in [0.05, 0.1) is 23.4 Å². The first kappa shape index (κ1) is 18.0. The van der Waals surface area contributed by atoms with Gasteiger partial charge in [0.1, 0.15) is 22.8 Å². The predicted octanol–water partition coefficient (Wildman–Crippen LogP) is 4.09. The Balaban J connectivity index is 1.55. The number of ether oxygens (including phenoxy) is 1. The van der Waals surface area contributed by atoms with Crippen molar-refractivity contribution in [2.75, 3.05) is 36.5 Å². The van der Waals surface area contributed by atoms with Gasteiger partial charge < -0.3 is 15.0 Å². The molecular weight excluding hydrogens is 396 g/mol. The fourth-order valence-corrected chi connectivity index (χ4v) is 5.62. The number of aryl methyl sites for hydroxylation is 1. The first-order valence-corrected chi connectivity index (χ1v) is 11.3. The van der Waals surface area contributed by atoms with Crippen molar-refractivity contribution >= 4 is 49.2 Å². The van der Waals surface area contributed by atoms with E-state index in [1.165, 1.54) is 29.4 Å². The number of hydrogen-bond acceptors (Lipinski definition) is 8. The van der Waals surface area contributed by atoms with Gasteiger partial charge in [-0.1, -0.05) is 6.07 Å². The summed E-state index contributed by atoms with van der Waals surface area (Å²) in [6, 6.07) is 5.81. The average molecular weight is 419 g/mol. The summed E-state index contributed by atoms with van der Waals surface area (Å²) in [5.74, 6) is 2.72. The highest BCUT2D eigenvalue weighted by molar-refractivity contribution is 7.26. The summed E-state index contributed by atoms with van der Waals surface area (Å²) < 4.78 is 6.61. The molecule has 8 heteroatoms. The van der Waals surface area contributed by atoms with Crippen LogP contribution in [-0.4, -0.2) is 46.2 Å². The highest BCUT2D eigenvalue weighted by Crippen LogP contribution is 2.43. The molecule has 2 aliphatic rings. The van der Waals surface area contributed by atoms with Crippen LogP contribution >= 0.6 is 11.3 Å². The van der Waals surface area contributed by atoms with Gasteiger partial charge in [0.2, 0.25) is 0 Å². The summed E-state index contributed by atoms with van der Waals surface area (Å²) in [6.45, 7) is 3.35. The number of pyridine rings is 2. The molecule has 152 valence electrons. The maximum absolute atomic E-state index is 5.57. The number of rotatable bonds is 3. The minimum Gasteiger partial charge on any atom is -0.378 e. The lowest BCUT2D eigenvalue weighted by molar-refractivity contribution is 0.122. The van der Waals surface area contributed by atoms with E-state index in [0.29, 0.717) is 0 Å². The van der Waals surface area contributed by atoms with Gasteiger partial charge in [-0.25, -0.2) is 19.9 Å². The summed E-state index contributed by atoms with van der Waals surface area (Å²) in [4.78, 5) is 22.2. The minimum atomic E-state index is 0.768. The number of morpholine rings is 1. The van der Waals surface area contributed by atoms with E-state index in [-0.39, 0.29) is 0 Å². The second-order valence-electron chi connectivity index (χ2n) is 7.72. The topological polar surface area (TPSA) is 76.1 Å². The van der Waals surface area contributed by atoms with Crippen molar-refractivity contribution in [1.29, 1.82) is 0 Å². The van der Waals surface area contributed by atoms with Crippen LogP contribution in [0.5, 0.6) is 0 Å². The van der Waals surface area contributed by atoms with Crippen LogP contribution in [0.15, 0.2) is 30.7 Å². The zero-order valence-electron chi connectivity index (χ0n) is 16.6. The smallest absolute Gasteiger partial charge is 0.153 e.